The van der Waals surface area contributed by atoms with Crippen molar-refractivity contribution in [2.24, 2.45) is 5.10 Å². The standard InChI is InChI=1S/C19H19N11O4/c1-4-28-11(3)14(10(2)24-28)9-21-23-19(31)15-16(12-5-7-13(8-6-12)30(32)33)29(27-22-15)18-17(20)25-34-26-18/h5-9H,4H2,1-3H3,(H2,20,25)(H,23,31)/b21-9+. The molecule has 0 saturated carbocycles. The zero-order valence-electron chi connectivity index (χ0n) is 18.3. The average Bonchev–Trinajstić information content (AvgIpc) is 3.51. The fourth-order valence-electron chi connectivity index (χ4n) is 3.33. The monoisotopic (exact) mass is 465 g/mol. The van der Waals surface area contributed by atoms with Crippen molar-refractivity contribution in [2.45, 2.75) is 27.3 Å². The third kappa shape index (κ3) is 3.96. The van der Waals surface area contributed by atoms with Gasteiger partial charge in [0.25, 0.3) is 11.6 Å². The molecular weight excluding hydrogens is 446 g/mol. The minimum atomic E-state index is -0.677. The Hall–Kier alpha value is -4.95. The highest BCUT2D eigenvalue weighted by Gasteiger charge is 2.25. The predicted octanol–water partition coefficient (Wildman–Crippen LogP) is 1.40. The van der Waals surface area contributed by atoms with Crippen molar-refractivity contribution < 1.29 is 14.3 Å². The molecule has 0 fully saturated rings. The molecule has 1 aromatic carbocycles. The van der Waals surface area contributed by atoms with E-state index in [1.165, 1.54) is 30.5 Å². The van der Waals surface area contributed by atoms with Gasteiger partial charge in [-0.1, -0.05) is 5.21 Å². The molecule has 0 radical (unpaired) electrons. The summed E-state index contributed by atoms with van der Waals surface area (Å²) in [6, 6.07) is 5.47. The van der Waals surface area contributed by atoms with Gasteiger partial charge in [0, 0.05) is 35.5 Å². The maximum Gasteiger partial charge on any atom is 0.294 e. The number of benzene rings is 1. The van der Waals surface area contributed by atoms with Crippen molar-refractivity contribution >= 4 is 23.6 Å². The van der Waals surface area contributed by atoms with E-state index < -0.39 is 10.8 Å². The topological polar surface area (TPSA) is 198 Å². The van der Waals surface area contributed by atoms with Crippen molar-refractivity contribution in [3.8, 4) is 17.1 Å². The van der Waals surface area contributed by atoms with Crippen LogP contribution in [0.25, 0.3) is 17.1 Å². The molecule has 3 heterocycles. The number of hydrogen-bond acceptors (Lipinski definition) is 11. The van der Waals surface area contributed by atoms with E-state index in [1.807, 2.05) is 25.5 Å². The van der Waals surface area contributed by atoms with Gasteiger partial charge in [0.2, 0.25) is 11.6 Å². The van der Waals surface area contributed by atoms with Crippen LogP contribution in [0, 0.1) is 24.0 Å². The first-order chi connectivity index (χ1) is 16.3. The molecular formula is C19H19N11O4. The SMILES string of the molecule is CCn1nc(C)c(/C=N/NC(=O)c2nnn(-c3nonc3N)c2-c2ccc([N+](=O)[O-])cc2)c1C. The lowest BCUT2D eigenvalue weighted by Crippen LogP contribution is -2.19. The van der Waals surface area contributed by atoms with Crippen LogP contribution in [-0.4, -0.2) is 52.1 Å². The van der Waals surface area contributed by atoms with Gasteiger partial charge >= 0.3 is 0 Å². The molecule has 0 unspecified atom stereocenters. The van der Waals surface area contributed by atoms with Crippen LogP contribution in [0.1, 0.15) is 34.4 Å². The summed E-state index contributed by atoms with van der Waals surface area (Å²) in [6.45, 7) is 6.43. The zero-order valence-corrected chi connectivity index (χ0v) is 18.3. The number of nitrogens with two attached hydrogens (primary N) is 1. The van der Waals surface area contributed by atoms with Gasteiger partial charge in [-0.25, -0.2) is 10.1 Å². The summed E-state index contributed by atoms with van der Waals surface area (Å²) in [6.07, 6.45) is 1.50. The summed E-state index contributed by atoms with van der Waals surface area (Å²) in [5.41, 5.74) is 11.0. The molecule has 0 aliphatic heterocycles. The molecule has 1 amide bonds. The number of aryl methyl sites for hydroxylation is 2. The van der Waals surface area contributed by atoms with Crippen molar-refractivity contribution in [3.05, 3.63) is 57.0 Å². The van der Waals surface area contributed by atoms with Gasteiger partial charge in [-0.2, -0.15) is 14.9 Å². The largest absolute Gasteiger partial charge is 0.378 e. The maximum atomic E-state index is 12.9. The Morgan fingerprint density at radius 1 is 1.29 bits per heavy atom. The lowest BCUT2D eigenvalue weighted by Gasteiger charge is -2.05. The van der Waals surface area contributed by atoms with E-state index in [-0.39, 0.29) is 28.7 Å². The number of nitro groups is 1. The Labute approximate surface area is 191 Å². The van der Waals surface area contributed by atoms with Gasteiger partial charge in [-0.15, -0.1) is 5.10 Å². The molecule has 0 spiro atoms. The number of carbonyl (C=O) groups excluding carboxylic acids is 1. The molecule has 3 N–H and O–H groups in total. The van der Waals surface area contributed by atoms with E-state index in [1.54, 1.807) is 0 Å². The number of nitrogen functional groups attached to an aromatic ring is 1. The summed E-state index contributed by atoms with van der Waals surface area (Å²) >= 11 is 0. The number of non-ortho nitro benzene ring substituents is 1. The van der Waals surface area contributed by atoms with Crippen molar-refractivity contribution in [1.29, 1.82) is 0 Å². The molecule has 0 aliphatic rings. The Kier molecular flexibility index (Phi) is 5.82. The number of nitro benzene ring substituents is 1. The van der Waals surface area contributed by atoms with Crippen molar-refractivity contribution in [3.63, 3.8) is 0 Å². The Morgan fingerprint density at radius 2 is 2.03 bits per heavy atom. The van der Waals surface area contributed by atoms with Gasteiger partial charge in [-0.3, -0.25) is 19.6 Å². The number of nitrogens with zero attached hydrogens (tertiary/aromatic N) is 9. The summed E-state index contributed by atoms with van der Waals surface area (Å²) in [5.74, 6) is -0.761. The van der Waals surface area contributed by atoms with E-state index in [9.17, 15) is 14.9 Å². The minimum Gasteiger partial charge on any atom is -0.378 e. The number of amides is 1. The molecule has 4 aromatic rings. The highest BCUT2D eigenvalue weighted by Crippen LogP contribution is 2.28. The van der Waals surface area contributed by atoms with Crippen LogP contribution in [0.4, 0.5) is 11.5 Å². The zero-order chi connectivity index (χ0) is 24.4. The van der Waals surface area contributed by atoms with Crippen LogP contribution in [0.5, 0.6) is 0 Å². The van der Waals surface area contributed by atoms with Gasteiger partial charge < -0.3 is 5.73 Å². The van der Waals surface area contributed by atoms with Gasteiger partial charge in [-0.05, 0) is 43.2 Å². The second kappa shape index (κ2) is 8.89. The second-order valence-corrected chi connectivity index (χ2v) is 7.07. The third-order valence-corrected chi connectivity index (χ3v) is 5.03. The van der Waals surface area contributed by atoms with Crippen LogP contribution in [0.15, 0.2) is 34.0 Å². The molecule has 0 aliphatic carbocycles. The Bertz CT molecular complexity index is 1400. The number of nitrogens with one attached hydrogen (secondary N) is 1. The summed E-state index contributed by atoms with van der Waals surface area (Å²) in [4.78, 5) is 23.4. The number of carbonyl (C=O) groups is 1. The molecule has 0 saturated heterocycles. The number of aromatic nitrogens is 7. The average molecular weight is 465 g/mol. The molecule has 3 aromatic heterocycles. The number of hydrogen-bond donors (Lipinski definition) is 2. The third-order valence-electron chi connectivity index (χ3n) is 5.03. The highest BCUT2D eigenvalue weighted by atomic mass is 16.6. The van der Waals surface area contributed by atoms with E-state index >= 15 is 0 Å². The van der Waals surface area contributed by atoms with Crippen LogP contribution in [-0.2, 0) is 6.54 Å². The smallest absolute Gasteiger partial charge is 0.294 e. The van der Waals surface area contributed by atoms with Crippen molar-refractivity contribution in [2.75, 3.05) is 5.73 Å². The molecule has 15 nitrogen and oxygen atoms in total. The summed E-state index contributed by atoms with van der Waals surface area (Å²) < 4.78 is 7.61. The maximum absolute atomic E-state index is 12.9. The number of rotatable bonds is 7. The minimum absolute atomic E-state index is 0.00151. The lowest BCUT2D eigenvalue weighted by atomic mass is 10.1. The highest BCUT2D eigenvalue weighted by molar-refractivity contribution is 5.99. The lowest BCUT2D eigenvalue weighted by molar-refractivity contribution is -0.384. The molecule has 0 bridgehead atoms. The normalized spacial score (nSPS) is 11.3. The van der Waals surface area contributed by atoms with Crippen LogP contribution >= 0.6 is 0 Å². The summed E-state index contributed by atoms with van der Waals surface area (Å²) in [5, 5.41) is 34.5. The van der Waals surface area contributed by atoms with Crippen LogP contribution < -0.4 is 11.2 Å². The fourth-order valence-corrected chi connectivity index (χ4v) is 3.33. The molecule has 34 heavy (non-hydrogen) atoms. The van der Waals surface area contributed by atoms with E-state index in [4.69, 9.17) is 5.73 Å². The van der Waals surface area contributed by atoms with Gasteiger partial charge in [0.05, 0.1) is 16.8 Å². The van der Waals surface area contributed by atoms with Crippen molar-refractivity contribution in [1.82, 2.24) is 40.5 Å². The van der Waals surface area contributed by atoms with E-state index in [0.717, 1.165) is 21.6 Å². The fraction of sp³-hybridized carbons (Fsp3) is 0.211. The molecule has 0 atom stereocenters. The predicted molar refractivity (Wildman–Crippen MR) is 118 cm³/mol. The molecule has 15 heteroatoms. The quantitative estimate of drug-likeness (QED) is 0.228. The Balaban J connectivity index is 1.69. The summed E-state index contributed by atoms with van der Waals surface area (Å²) in [7, 11) is 0. The molecule has 174 valence electrons. The first-order valence-electron chi connectivity index (χ1n) is 9.98. The van der Waals surface area contributed by atoms with Crippen LogP contribution in [0.2, 0.25) is 0 Å². The number of hydrazone groups is 1. The van der Waals surface area contributed by atoms with E-state index in [0.29, 0.717) is 12.1 Å². The van der Waals surface area contributed by atoms with Gasteiger partial charge in [0.15, 0.2) is 5.69 Å². The second-order valence-electron chi connectivity index (χ2n) is 7.07. The van der Waals surface area contributed by atoms with E-state index in [2.05, 4.69) is 40.9 Å². The van der Waals surface area contributed by atoms with Crippen LogP contribution in [0.3, 0.4) is 0 Å². The number of anilines is 1. The first-order valence-corrected chi connectivity index (χ1v) is 9.98. The van der Waals surface area contributed by atoms with Gasteiger partial charge in [0.1, 0.15) is 5.69 Å². The molecule has 4 rings (SSSR count). The first kappa shape index (κ1) is 22.3. The Morgan fingerprint density at radius 3 is 2.62 bits per heavy atom.